The zero-order valence-corrected chi connectivity index (χ0v) is 15.9. The normalized spacial score (nSPS) is 16.6. The third-order valence-electron chi connectivity index (χ3n) is 4.86. The van der Waals surface area contributed by atoms with Gasteiger partial charge in [-0.2, -0.15) is 0 Å². The molecule has 2 aromatic carbocycles. The van der Waals surface area contributed by atoms with Crippen LogP contribution in [0.5, 0.6) is 0 Å². The predicted octanol–water partition coefficient (Wildman–Crippen LogP) is 4.77. The molecule has 138 valence electrons. The highest BCUT2D eigenvalue weighted by molar-refractivity contribution is 6.30. The number of carbonyl (C=O) groups is 1. The van der Waals surface area contributed by atoms with Crippen molar-refractivity contribution in [3.05, 3.63) is 64.7 Å². The van der Waals surface area contributed by atoms with Crippen molar-refractivity contribution in [3.8, 4) is 11.3 Å². The number of aryl methyl sites for hydroxylation is 1. The molecule has 0 unspecified atom stereocenters. The Morgan fingerprint density at radius 3 is 2.78 bits per heavy atom. The Labute approximate surface area is 163 Å². The molecular weight excluding hydrogens is 360 g/mol. The minimum Gasteiger partial charge on any atom is -0.376 e. The Bertz CT molecular complexity index is 980. The van der Waals surface area contributed by atoms with E-state index in [1.807, 2.05) is 55.5 Å². The van der Waals surface area contributed by atoms with E-state index in [1.165, 1.54) is 0 Å². The van der Waals surface area contributed by atoms with Crippen LogP contribution in [0.15, 0.2) is 48.5 Å². The summed E-state index contributed by atoms with van der Waals surface area (Å²) in [7, 11) is 0. The summed E-state index contributed by atoms with van der Waals surface area (Å²) in [6, 6.07) is 15.3. The minimum absolute atomic E-state index is 0.0984. The average molecular weight is 381 g/mol. The zero-order valence-electron chi connectivity index (χ0n) is 15.2. The van der Waals surface area contributed by atoms with Crippen LogP contribution < -0.4 is 5.32 Å². The van der Waals surface area contributed by atoms with Crippen LogP contribution in [0.25, 0.3) is 22.2 Å². The van der Waals surface area contributed by atoms with Crippen molar-refractivity contribution >= 4 is 28.4 Å². The fourth-order valence-electron chi connectivity index (χ4n) is 3.40. The van der Waals surface area contributed by atoms with Gasteiger partial charge in [0.05, 0.1) is 22.9 Å². The number of hydrogen-bond donors (Lipinski definition) is 1. The number of halogens is 1. The molecule has 0 radical (unpaired) electrons. The number of benzene rings is 2. The molecule has 27 heavy (non-hydrogen) atoms. The van der Waals surface area contributed by atoms with Gasteiger partial charge in [0.2, 0.25) is 0 Å². The van der Waals surface area contributed by atoms with Gasteiger partial charge in [-0.3, -0.25) is 4.79 Å². The Morgan fingerprint density at radius 1 is 1.22 bits per heavy atom. The van der Waals surface area contributed by atoms with E-state index in [0.717, 1.165) is 47.2 Å². The van der Waals surface area contributed by atoms with Crippen LogP contribution in [0.1, 0.15) is 28.8 Å². The van der Waals surface area contributed by atoms with Gasteiger partial charge in [0.25, 0.3) is 5.91 Å². The van der Waals surface area contributed by atoms with Crippen molar-refractivity contribution in [2.75, 3.05) is 13.2 Å². The fourth-order valence-corrected chi connectivity index (χ4v) is 3.53. The standard InChI is InChI=1S/C22H21ClN2O2/c1-14-4-9-20-18(11-14)19(22(26)24-13-17-3-2-10-27-17)12-21(25-20)15-5-7-16(23)8-6-15/h4-9,11-12,17H,2-3,10,13H2,1H3,(H,24,26)/t17-/m0/s1. The average Bonchev–Trinajstić information content (AvgIpc) is 3.19. The van der Waals surface area contributed by atoms with Crippen LogP contribution in [-0.2, 0) is 4.74 Å². The summed E-state index contributed by atoms with van der Waals surface area (Å²) >= 11 is 6.00. The summed E-state index contributed by atoms with van der Waals surface area (Å²) in [6.07, 6.45) is 2.16. The number of pyridine rings is 1. The topological polar surface area (TPSA) is 51.2 Å². The van der Waals surface area contributed by atoms with Crippen molar-refractivity contribution in [1.82, 2.24) is 10.3 Å². The third kappa shape index (κ3) is 3.97. The molecule has 1 aliphatic rings. The molecular formula is C22H21ClN2O2. The Balaban J connectivity index is 1.72. The van der Waals surface area contributed by atoms with E-state index in [9.17, 15) is 4.79 Å². The van der Waals surface area contributed by atoms with E-state index >= 15 is 0 Å². The summed E-state index contributed by atoms with van der Waals surface area (Å²) in [5.41, 5.74) is 4.21. The molecule has 1 fully saturated rings. The lowest BCUT2D eigenvalue weighted by atomic mass is 10.0. The summed E-state index contributed by atoms with van der Waals surface area (Å²) < 4.78 is 5.61. The first-order valence-electron chi connectivity index (χ1n) is 9.17. The Morgan fingerprint density at radius 2 is 2.04 bits per heavy atom. The van der Waals surface area contributed by atoms with E-state index in [0.29, 0.717) is 17.1 Å². The van der Waals surface area contributed by atoms with Gasteiger partial charge in [-0.15, -0.1) is 0 Å². The first kappa shape index (κ1) is 18.0. The molecule has 2 heterocycles. The largest absolute Gasteiger partial charge is 0.376 e. The van der Waals surface area contributed by atoms with Crippen LogP contribution in [0.3, 0.4) is 0 Å². The van der Waals surface area contributed by atoms with E-state index in [-0.39, 0.29) is 12.0 Å². The summed E-state index contributed by atoms with van der Waals surface area (Å²) in [5, 5.41) is 4.56. The van der Waals surface area contributed by atoms with Gasteiger partial charge in [0.1, 0.15) is 0 Å². The van der Waals surface area contributed by atoms with Gasteiger partial charge in [-0.1, -0.05) is 35.4 Å². The summed E-state index contributed by atoms with van der Waals surface area (Å²) in [5.74, 6) is -0.0984. The first-order chi connectivity index (χ1) is 13.1. The van der Waals surface area contributed by atoms with Gasteiger partial charge < -0.3 is 10.1 Å². The second kappa shape index (κ2) is 7.67. The van der Waals surface area contributed by atoms with Gasteiger partial charge in [0.15, 0.2) is 0 Å². The quantitative estimate of drug-likeness (QED) is 0.709. The molecule has 0 bridgehead atoms. The predicted molar refractivity (Wildman–Crippen MR) is 108 cm³/mol. The van der Waals surface area contributed by atoms with Gasteiger partial charge in [-0.25, -0.2) is 4.98 Å². The van der Waals surface area contributed by atoms with Crippen LogP contribution in [0.2, 0.25) is 5.02 Å². The maximum absolute atomic E-state index is 12.9. The lowest BCUT2D eigenvalue weighted by Crippen LogP contribution is -2.32. The highest BCUT2D eigenvalue weighted by Gasteiger charge is 2.19. The molecule has 4 rings (SSSR count). The highest BCUT2D eigenvalue weighted by Crippen LogP contribution is 2.27. The van der Waals surface area contributed by atoms with Gasteiger partial charge in [0, 0.05) is 29.1 Å². The molecule has 1 N–H and O–H groups in total. The first-order valence-corrected chi connectivity index (χ1v) is 9.55. The molecule has 1 amide bonds. The second-order valence-electron chi connectivity index (χ2n) is 6.93. The van der Waals surface area contributed by atoms with E-state index in [4.69, 9.17) is 21.3 Å². The van der Waals surface area contributed by atoms with Crippen molar-refractivity contribution < 1.29 is 9.53 Å². The third-order valence-corrected chi connectivity index (χ3v) is 5.12. The van der Waals surface area contributed by atoms with Crippen LogP contribution >= 0.6 is 11.6 Å². The van der Waals surface area contributed by atoms with E-state index in [1.54, 1.807) is 0 Å². The lowest BCUT2D eigenvalue weighted by Gasteiger charge is -2.13. The molecule has 0 saturated carbocycles. The van der Waals surface area contributed by atoms with E-state index < -0.39 is 0 Å². The summed E-state index contributed by atoms with van der Waals surface area (Å²) in [4.78, 5) is 17.7. The second-order valence-corrected chi connectivity index (χ2v) is 7.36. The molecule has 1 atom stereocenters. The number of nitrogens with one attached hydrogen (secondary N) is 1. The molecule has 1 saturated heterocycles. The molecule has 5 heteroatoms. The number of hydrogen-bond acceptors (Lipinski definition) is 3. The Kier molecular flexibility index (Phi) is 5.10. The van der Waals surface area contributed by atoms with Crippen LogP contribution in [0.4, 0.5) is 0 Å². The number of nitrogens with zero attached hydrogens (tertiary/aromatic N) is 1. The highest BCUT2D eigenvalue weighted by atomic mass is 35.5. The summed E-state index contributed by atoms with van der Waals surface area (Å²) in [6.45, 7) is 3.32. The van der Waals surface area contributed by atoms with Crippen molar-refractivity contribution in [2.24, 2.45) is 0 Å². The van der Waals surface area contributed by atoms with Crippen molar-refractivity contribution in [3.63, 3.8) is 0 Å². The molecule has 1 aliphatic heterocycles. The van der Waals surface area contributed by atoms with Gasteiger partial charge in [-0.05, 0) is 50.1 Å². The fraction of sp³-hybridized carbons (Fsp3) is 0.273. The molecule has 1 aromatic heterocycles. The number of ether oxygens (including phenoxy) is 1. The maximum Gasteiger partial charge on any atom is 0.252 e. The van der Waals surface area contributed by atoms with Crippen molar-refractivity contribution in [2.45, 2.75) is 25.9 Å². The number of rotatable bonds is 4. The molecule has 0 spiro atoms. The number of aromatic nitrogens is 1. The molecule has 0 aliphatic carbocycles. The van der Waals surface area contributed by atoms with Crippen LogP contribution in [0, 0.1) is 6.92 Å². The molecule has 3 aromatic rings. The SMILES string of the molecule is Cc1ccc2nc(-c3ccc(Cl)cc3)cc(C(=O)NC[C@@H]3CCCO3)c2c1. The molecule has 4 nitrogen and oxygen atoms in total. The number of amides is 1. The monoisotopic (exact) mass is 380 g/mol. The minimum atomic E-state index is -0.0984. The van der Waals surface area contributed by atoms with E-state index in [2.05, 4.69) is 5.32 Å². The Hall–Kier alpha value is -2.43. The van der Waals surface area contributed by atoms with Crippen molar-refractivity contribution in [1.29, 1.82) is 0 Å². The zero-order chi connectivity index (χ0) is 18.8. The lowest BCUT2D eigenvalue weighted by molar-refractivity contribution is 0.0859. The van der Waals surface area contributed by atoms with Gasteiger partial charge >= 0.3 is 0 Å². The number of carbonyl (C=O) groups excluding carboxylic acids is 1. The number of fused-ring (bicyclic) bond motifs is 1. The van der Waals surface area contributed by atoms with Crippen LogP contribution in [-0.4, -0.2) is 30.1 Å². The maximum atomic E-state index is 12.9. The smallest absolute Gasteiger partial charge is 0.252 e.